The van der Waals surface area contributed by atoms with E-state index in [1.807, 2.05) is 31.1 Å². The van der Waals surface area contributed by atoms with Gasteiger partial charge in [-0.05, 0) is 32.3 Å². The normalized spacial score (nSPS) is 11.2. The van der Waals surface area contributed by atoms with E-state index >= 15 is 0 Å². The van der Waals surface area contributed by atoms with Crippen LogP contribution in [-0.2, 0) is 0 Å². The molecule has 0 aliphatic rings. The number of Topliss-reactive ketones (excluding diaryl/α,β-unsaturated/α-hetero) is 1. The summed E-state index contributed by atoms with van der Waals surface area (Å²) in [5.41, 5.74) is 0.610. The van der Waals surface area contributed by atoms with E-state index in [4.69, 9.17) is 9.15 Å². The molecule has 0 saturated carbocycles. The van der Waals surface area contributed by atoms with E-state index < -0.39 is 0 Å². The SMILES string of the molecule is CC(=O)c1cc2c(Br)ccc(OCCN(C)C)c2o1. The number of ketones is 1. The van der Waals surface area contributed by atoms with Gasteiger partial charge in [0.25, 0.3) is 0 Å². The summed E-state index contributed by atoms with van der Waals surface area (Å²) < 4.78 is 12.2. The minimum Gasteiger partial charge on any atom is -0.488 e. The third-order valence-electron chi connectivity index (χ3n) is 2.74. The lowest BCUT2D eigenvalue weighted by Crippen LogP contribution is -2.19. The topological polar surface area (TPSA) is 42.7 Å². The van der Waals surface area contributed by atoms with Gasteiger partial charge in [-0.2, -0.15) is 0 Å². The van der Waals surface area contributed by atoms with E-state index in [-0.39, 0.29) is 5.78 Å². The van der Waals surface area contributed by atoms with Crippen molar-refractivity contribution in [3.63, 3.8) is 0 Å². The molecule has 0 aliphatic carbocycles. The highest BCUT2D eigenvalue weighted by molar-refractivity contribution is 9.10. The van der Waals surface area contributed by atoms with Gasteiger partial charge in [-0.1, -0.05) is 15.9 Å². The van der Waals surface area contributed by atoms with Gasteiger partial charge in [0.2, 0.25) is 0 Å². The number of hydrogen-bond donors (Lipinski definition) is 0. The van der Waals surface area contributed by atoms with E-state index in [1.54, 1.807) is 6.07 Å². The predicted molar refractivity (Wildman–Crippen MR) is 78.0 cm³/mol. The van der Waals surface area contributed by atoms with Gasteiger partial charge in [-0.25, -0.2) is 0 Å². The first-order chi connectivity index (χ1) is 8.99. The minimum absolute atomic E-state index is 0.0951. The Morgan fingerprint density at radius 2 is 2.16 bits per heavy atom. The fourth-order valence-corrected chi connectivity index (χ4v) is 2.12. The van der Waals surface area contributed by atoms with Crippen molar-refractivity contribution in [1.29, 1.82) is 0 Å². The van der Waals surface area contributed by atoms with Gasteiger partial charge in [0.1, 0.15) is 6.61 Å². The Labute approximate surface area is 120 Å². The van der Waals surface area contributed by atoms with Crippen LogP contribution in [0.5, 0.6) is 5.75 Å². The number of nitrogens with zero attached hydrogens (tertiary/aromatic N) is 1. The quantitative estimate of drug-likeness (QED) is 0.791. The van der Waals surface area contributed by atoms with Gasteiger partial charge in [0, 0.05) is 23.3 Å². The summed E-state index contributed by atoms with van der Waals surface area (Å²) in [5, 5.41) is 0.854. The molecule has 1 aromatic heterocycles. The van der Waals surface area contributed by atoms with Gasteiger partial charge in [-0.3, -0.25) is 4.79 Å². The molecule has 4 nitrogen and oxygen atoms in total. The zero-order valence-corrected chi connectivity index (χ0v) is 12.8. The summed E-state index contributed by atoms with van der Waals surface area (Å²) in [6.07, 6.45) is 0. The largest absolute Gasteiger partial charge is 0.488 e. The summed E-state index contributed by atoms with van der Waals surface area (Å²) in [7, 11) is 3.97. The maximum atomic E-state index is 11.4. The Morgan fingerprint density at radius 1 is 1.42 bits per heavy atom. The summed E-state index contributed by atoms with van der Waals surface area (Å²) in [6, 6.07) is 5.48. The molecule has 0 aliphatic heterocycles. The smallest absolute Gasteiger partial charge is 0.194 e. The van der Waals surface area contributed by atoms with Crippen LogP contribution in [0.1, 0.15) is 17.5 Å². The van der Waals surface area contributed by atoms with Crippen molar-refractivity contribution in [2.75, 3.05) is 27.2 Å². The van der Waals surface area contributed by atoms with Crippen molar-refractivity contribution < 1.29 is 13.9 Å². The first-order valence-electron chi connectivity index (χ1n) is 5.99. The van der Waals surface area contributed by atoms with E-state index in [9.17, 15) is 4.79 Å². The summed E-state index contributed by atoms with van der Waals surface area (Å²) in [5.74, 6) is 0.911. The number of carbonyl (C=O) groups excluding carboxylic acids is 1. The second kappa shape index (κ2) is 5.75. The van der Waals surface area contributed by atoms with Gasteiger partial charge in [0.05, 0.1) is 0 Å². The van der Waals surface area contributed by atoms with Crippen LogP contribution in [0.25, 0.3) is 11.0 Å². The molecule has 0 atom stereocenters. The molecule has 0 spiro atoms. The third-order valence-corrected chi connectivity index (χ3v) is 3.43. The lowest BCUT2D eigenvalue weighted by atomic mass is 10.2. The zero-order valence-electron chi connectivity index (χ0n) is 11.2. The Hall–Kier alpha value is -1.33. The molecule has 0 unspecified atom stereocenters. The fraction of sp³-hybridized carbons (Fsp3) is 0.357. The number of fused-ring (bicyclic) bond motifs is 1. The second-order valence-corrected chi connectivity index (χ2v) is 5.46. The highest BCUT2D eigenvalue weighted by Gasteiger charge is 2.14. The van der Waals surface area contributed by atoms with Crippen LogP contribution in [0, 0.1) is 0 Å². The maximum absolute atomic E-state index is 11.4. The molecule has 1 aromatic carbocycles. The van der Waals surface area contributed by atoms with Crippen molar-refractivity contribution in [3.05, 3.63) is 28.4 Å². The number of carbonyl (C=O) groups is 1. The van der Waals surface area contributed by atoms with Gasteiger partial charge in [-0.15, -0.1) is 0 Å². The second-order valence-electron chi connectivity index (χ2n) is 4.61. The monoisotopic (exact) mass is 325 g/mol. The zero-order chi connectivity index (χ0) is 14.0. The molecule has 0 fully saturated rings. The number of ether oxygens (including phenoxy) is 1. The Bertz CT molecular complexity index is 604. The summed E-state index contributed by atoms with van der Waals surface area (Å²) >= 11 is 3.45. The minimum atomic E-state index is -0.0951. The molecule has 2 aromatic rings. The number of halogens is 1. The third kappa shape index (κ3) is 3.16. The highest BCUT2D eigenvalue weighted by Crippen LogP contribution is 2.34. The molecule has 5 heteroatoms. The van der Waals surface area contributed by atoms with Crippen LogP contribution in [0.4, 0.5) is 0 Å². The Kier molecular flexibility index (Phi) is 4.27. The lowest BCUT2D eigenvalue weighted by Gasteiger charge is -2.11. The molecule has 0 N–H and O–H groups in total. The average Bonchev–Trinajstić information content (AvgIpc) is 2.77. The fourth-order valence-electron chi connectivity index (χ4n) is 1.69. The number of likely N-dealkylation sites (N-methyl/N-ethyl adjacent to an activating group) is 1. The van der Waals surface area contributed by atoms with E-state index in [0.29, 0.717) is 23.7 Å². The highest BCUT2D eigenvalue weighted by atomic mass is 79.9. The van der Waals surface area contributed by atoms with Crippen molar-refractivity contribution >= 4 is 32.7 Å². The Morgan fingerprint density at radius 3 is 2.79 bits per heavy atom. The van der Waals surface area contributed by atoms with Crippen LogP contribution < -0.4 is 4.74 Å². The first kappa shape index (κ1) is 14.1. The van der Waals surface area contributed by atoms with Crippen LogP contribution in [0.3, 0.4) is 0 Å². The molecule has 0 saturated heterocycles. The maximum Gasteiger partial charge on any atom is 0.194 e. The van der Waals surface area contributed by atoms with E-state index in [1.165, 1.54) is 6.92 Å². The molecular formula is C14H16BrNO3. The molecule has 0 bridgehead atoms. The first-order valence-corrected chi connectivity index (χ1v) is 6.79. The van der Waals surface area contributed by atoms with Crippen LogP contribution in [0.2, 0.25) is 0 Å². The van der Waals surface area contributed by atoms with Crippen LogP contribution in [0.15, 0.2) is 27.1 Å². The molecule has 0 amide bonds. The van der Waals surface area contributed by atoms with Crippen LogP contribution in [-0.4, -0.2) is 37.9 Å². The number of hydrogen-bond acceptors (Lipinski definition) is 4. The molecule has 1 heterocycles. The number of benzene rings is 1. The Balaban J connectivity index is 2.33. The summed E-state index contributed by atoms with van der Waals surface area (Å²) in [6.45, 7) is 2.87. The lowest BCUT2D eigenvalue weighted by molar-refractivity contribution is 0.0989. The molecule has 0 radical (unpaired) electrons. The van der Waals surface area contributed by atoms with E-state index in [2.05, 4.69) is 15.9 Å². The van der Waals surface area contributed by atoms with Gasteiger partial charge >= 0.3 is 0 Å². The molecule has 19 heavy (non-hydrogen) atoms. The number of rotatable bonds is 5. The summed E-state index contributed by atoms with van der Waals surface area (Å²) in [4.78, 5) is 13.4. The number of furan rings is 1. The van der Waals surface area contributed by atoms with E-state index in [0.717, 1.165) is 16.4 Å². The standard InChI is InChI=1S/C14H16BrNO3/c1-9(17)13-8-10-11(15)4-5-12(14(10)19-13)18-7-6-16(2)3/h4-5,8H,6-7H2,1-3H3. The average molecular weight is 326 g/mol. The molecular weight excluding hydrogens is 310 g/mol. The van der Waals surface area contributed by atoms with Crippen molar-refractivity contribution in [3.8, 4) is 5.75 Å². The van der Waals surface area contributed by atoms with Gasteiger partial charge < -0.3 is 14.1 Å². The molecule has 102 valence electrons. The van der Waals surface area contributed by atoms with Crippen molar-refractivity contribution in [1.82, 2.24) is 4.90 Å². The van der Waals surface area contributed by atoms with Crippen molar-refractivity contribution in [2.45, 2.75) is 6.92 Å². The van der Waals surface area contributed by atoms with Crippen molar-refractivity contribution in [2.24, 2.45) is 0 Å². The molecule has 2 rings (SSSR count). The predicted octanol–water partition coefficient (Wildman–Crippen LogP) is 3.34. The van der Waals surface area contributed by atoms with Gasteiger partial charge in [0.15, 0.2) is 22.9 Å². The van der Waals surface area contributed by atoms with Crippen LogP contribution >= 0.6 is 15.9 Å².